The molecule has 1 aliphatic heterocycles. The lowest BCUT2D eigenvalue weighted by molar-refractivity contribution is 0.280. The van der Waals surface area contributed by atoms with Gasteiger partial charge in [0.2, 0.25) is 0 Å². The molecule has 90 valence electrons. The Bertz CT molecular complexity index is 291. The fourth-order valence-electron chi connectivity index (χ4n) is 1.45. The Balaban J connectivity index is 2.56. The summed E-state index contributed by atoms with van der Waals surface area (Å²) in [4.78, 5) is 1.96. The Hall–Kier alpha value is -0.210. The summed E-state index contributed by atoms with van der Waals surface area (Å²) in [6.45, 7) is 2.73. The second-order valence-corrected chi connectivity index (χ2v) is 5.87. The Morgan fingerprint density at radius 2 is 2.20 bits per heavy atom. The van der Waals surface area contributed by atoms with Crippen molar-refractivity contribution in [3.63, 3.8) is 0 Å². The molecule has 15 heavy (non-hydrogen) atoms. The van der Waals surface area contributed by atoms with Gasteiger partial charge in [-0.1, -0.05) is 0 Å². The van der Waals surface area contributed by atoms with Crippen LogP contribution < -0.4 is 10.5 Å². The van der Waals surface area contributed by atoms with Crippen molar-refractivity contribution in [2.24, 2.45) is 11.7 Å². The molecule has 0 aliphatic carbocycles. The summed E-state index contributed by atoms with van der Waals surface area (Å²) in [6.07, 6.45) is 0. The molecule has 7 heteroatoms. The molecule has 1 saturated heterocycles. The van der Waals surface area contributed by atoms with Crippen LogP contribution in [0.4, 0.5) is 0 Å². The minimum atomic E-state index is -3.26. The van der Waals surface area contributed by atoms with E-state index in [1.54, 1.807) is 0 Å². The maximum atomic E-state index is 11.6. The van der Waals surface area contributed by atoms with Crippen molar-refractivity contribution in [3.05, 3.63) is 0 Å². The average molecular weight is 236 g/mol. The first-order valence-corrected chi connectivity index (χ1v) is 6.49. The van der Waals surface area contributed by atoms with Crippen LogP contribution in [0, 0.1) is 5.92 Å². The molecule has 0 aromatic heterocycles. The number of hydrogen-bond donors (Lipinski definition) is 2. The predicted octanol–water partition coefficient (Wildman–Crippen LogP) is -1.73. The molecule has 0 aromatic rings. The summed E-state index contributed by atoms with van der Waals surface area (Å²) < 4.78 is 27.2. The average Bonchev–Trinajstić information content (AvgIpc) is 2.15. The topological polar surface area (TPSA) is 78.7 Å². The largest absolute Gasteiger partial charge is 0.330 e. The van der Waals surface area contributed by atoms with Gasteiger partial charge in [-0.2, -0.15) is 12.7 Å². The molecule has 3 N–H and O–H groups in total. The highest BCUT2D eigenvalue weighted by atomic mass is 32.2. The van der Waals surface area contributed by atoms with Gasteiger partial charge in [-0.05, 0) is 26.6 Å². The first-order valence-electron chi connectivity index (χ1n) is 5.05. The van der Waals surface area contributed by atoms with Gasteiger partial charge < -0.3 is 10.6 Å². The van der Waals surface area contributed by atoms with Crippen molar-refractivity contribution < 1.29 is 8.42 Å². The molecule has 1 atom stereocenters. The normalized spacial score (nSPS) is 27.1. The monoisotopic (exact) mass is 236 g/mol. The summed E-state index contributed by atoms with van der Waals surface area (Å²) in [6, 6.07) is 0. The van der Waals surface area contributed by atoms with Gasteiger partial charge in [0.1, 0.15) is 0 Å². The van der Waals surface area contributed by atoms with E-state index in [1.807, 2.05) is 19.0 Å². The van der Waals surface area contributed by atoms with Crippen molar-refractivity contribution >= 4 is 10.2 Å². The highest BCUT2D eigenvalue weighted by Gasteiger charge is 2.29. The zero-order valence-corrected chi connectivity index (χ0v) is 10.1. The summed E-state index contributed by atoms with van der Waals surface area (Å²) in [5, 5.41) is 0. The Labute approximate surface area is 91.6 Å². The van der Waals surface area contributed by atoms with E-state index in [1.165, 1.54) is 4.31 Å². The zero-order valence-electron chi connectivity index (χ0n) is 9.31. The lowest BCUT2D eigenvalue weighted by atomic mass is 10.1. The van der Waals surface area contributed by atoms with Gasteiger partial charge >= 0.3 is 0 Å². The molecule has 1 heterocycles. The van der Waals surface area contributed by atoms with Crippen molar-refractivity contribution in [1.29, 1.82) is 0 Å². The van der Waals surface area contributed by atoms with Gasteiger partial charge in [0.25, 0.3) is 10.2 Å². The van der Waals surface area contributed by atoms with Gasteiger partial charge in [-0.15, -0.1) is 0 Å². The van der Waals surface area contributed by atoms with Crippen LogP contribution in [-0.4, -0.2) is 64.4 Å². The number of nitrogens with two attached hydrogens (primary N) is 1. The molecule has 0 saturated carbocycles. The van der Waals surface area contributed by atoms with E-state index < -0.39 is 10.2 Å². The number of nitrogens with zero attached hydrogens (tertiary/aromatic N) is 2. The lowest BCUT2D eigenvalue weighted by Gasteiger charge is -2.32. The molecular weight excluding hydrogens is 216 g/mol. The molecule has 0 aromatic carbocycles. The number of rotatable bonds is 4. The van der Waals surface area contributed by atoms with Gasteiger partial charge in [0.15, 0.2) is 0 Å². The quantitative estimate of drug-likeness (QED) is 0.608. The van der Waals surface area contributed by atoms with Crippen LogP contribution in [0.1, 0.15) is 0 Å². The van der Waals surface area contributed by atoms with E-state index in [-0.39, 0.29) is 5.92 Å². The number of hydrogen-bond acceptors (Lipinski definition) is 4. The highest BCUT2D eigenvalue weighted by Crippen LogP contribution is 2.09. The van der Waals surface area contributed by atoms with Crippen LogP contribution in [0.5, 0.6) is 0 Å². The first-order chi connectivity index (χ1) is 6.95. The third kappa shape index (κ3) is 3.69. The van der Waals surface area contributed by atoms with E-state index in [0.29, 0.717) is 26.2 Å². The van der Waals surface area contributed by atoms with Gasteiger partial charge in [-0.3, -0.25) is 0 Å². The maximum Gasteiger partial charge on any atom is 0.279 e. The first kappa shape index (κ1) is 12.9. The molecular formula is C8H20N4O2S. The number of likely N-dealkylation sites (N-methyl/N-ethyl adjacent to an activating group) is 1. The van der Waals surface area contributed by atoms with Crippen LogP contribution >= 0.6 is 0 Å². The molecule has 0 amide bonds. The summed E-state index contributed by atoms with van der Waals surface area (Å²) in [7, 11) is 0.581. The molecule has 0 spiro atoms. The Kier molecular flexibility index (Phi) is 4.47. The summed E-state index contributed by atoms with van der Waals surface area (Å²) in [5.74, 6) is 0.218. The third-order valence-electron chi connectivity index (χ3n) is 2.49. The summed E-state index contributed by atoms with van der Waals surface area (Å²) >= 11 is 0. The molecule has 0 radical (unpaired) electrons. The molecule has 1 fully saturated rings. The van der Waals surface area contributed by atoms with Crippen molar-refractivity contribution in [2.75, 3.05) is 46.8 Å². The zero-order chi connectivity index (χ0) is 11.5. The number of nitrogens with one attached hydrogen (secondary N) is 1. The standard InChI is InChI=1S/C8H20N4O2S/c1-11(2)3-4-12-7-8(5-9)6-10-15(12,13)14/h8,10H,3-7,9H2,1-2H3. The van der Waals surface area contributed by atoms with E-state index in [2.05, 4.69) is 4.72 Å². The fourth-order valence-corrected chi connectivity index (χ4v) is 2.80. The van der Waals surface area contributed by atoms with Crippen LogP contribution in [-0.2, 0) is 10.2 Å². The lowest BCUT2D eigenvalue weighted by Crippen LogP contribution is -2.54. The summed E-state index contributed by atoms with van der Waals surface area (Å²) in [5.41, 5.74) is 5.54. The Morgan fingerprint density at radius 1 is 1.53 bits per heavy atom. The Morgan fingerprint density at radius 3 is 2.73 bits per heavy atom. The smallest absolute Gasteiger partial charge is 0.279 e. The third-order valence-corrected chi connectivity index (χ3v) is 4.03. The van der Waals surface area contributed by atoms with E-state index in [0.717, 1.165) is 6.54 Å². The van der Waals surface area contributed by atoms with E-state index in [9.17, 15) is 8.42 Å². The fraction of sp³-hybridized carbons (Fsp3) is 1.00. The molecule has 1 rings (SSSR count). The van der Waals surface area contributed by atoms with Gasteiger partial charge in [0.05, 0.1) is 0 Å². The predicted molar refractivity (Wildman–Crippen MR) is 59.6 cm³/mol. The van der Waals surface area contributed by atoms with Crippen molar-refractivity contribution in [3.8, 4) is 0 Å². The highest BCUT2D eigenvalue weighted by molar-refractivity contribution is 7.87. The van der Waals surface area contributed by atoms with E-state index >= 15 is 0 Å². The van der Waals surface area contributed by atoms with E-state index in [4.69, 9.17) is 5.73 Å². The van der Waals surface area contributed by atoms with Gasteiger partial charge in [0, 0.05) is 26.2 Å². The molecule has 6 nitrogen and oxygen atoms in total. The van der Waals surface area contributed by atoms with Crippen LogP contribution in [0.25, 0.3) is 0 Å². The van der Waals surface area contributed by atoms with Crippen LogP contribution in [0.15, 0.2) is 0 Å². The maximum absolute atomic E-state index is 11.6. The molecule has 1 unspecified atom stereocenters. The SMILES string of the molecule is CN(C)CCN1CC(CN)CNS1(=O)=O. The van der Waals surface area contributed by atoms with Crippen molar-refractivity contribution in [1.82, 2.24) is 13.9 Å². The molecule has 0 bridgehead atoms. The minimum absolute atomic E-state index is 0.218. The van der Waals surface area contributed by atoms with Gasteiger partial charge in [-0.25, -0.2) is 4.72 Å². The van der Waals surface area contributed by atoms with Crippen molar-refractivity contribution in [2.45, 2.75) is 0 Å². The van der Waals surface area contributed by atoms with Crippen LogP contribution in [0.3, 0.4) is 0 Å². The molecule has 1 aliphatic rings. The van der Waals surface area contributed by atoms with Crippen LogP contribution in [0.2, 0.25) is 0 Å². The second kappa shape index (κ2) is 5.22. The second-order valence-electron chi connectivity index (χ2n) is 4.12. The minimum Gasteiger partial charge on any atom is -0.330 e.